The van der Waals surface area contributed by atoms with Gasteiger partial charge in [0, 0.05) is 35.5 Å². The van der Waals surface area contributed by atoms with Crippen LogP contribution in [0.15, 0.2) is 72.0 Å². The van der Waals surface area contributed by atoms with Crippen molar-refractivity contribution in [1.29, 1.82) is 0 Å². The summed E-state index contributed by atoms with van der Waals surface area (Å²) in [7, 11) is 0. The quantitative estimate of drug-likeness (QED) is 0.383. The number of aromatic nitrogens is 4. The van der Waals surface area contributed by atoms with Crippen molar-refractivity contribution in [3.8, 4) is 17.1 Å². The van der Waals surface area contributed by atoms with E-state index in [0.717, 1.165) is 17.0 Å². The van der Waals surface area contributed by atoms with E-state index in [9.17, 15) is 9.59 Å². The number of allylic oxidation sites excluding steroid dienone is 1. The van der Waals surface area contributed by atoms with Gasteiger partial charge in [-0.15, -0.1) is 11.7 Å². The van der Waals surface area contributed by atoms with E-state index in [4.69, 9.17) is 4.74 Å². The Morgan fingerprint density at radius 1 is 1.15 bits per heavy atom. The van der Waals surface area contributed by atoms with E-state index in [-0.39, 0.29) is 24.3 Å². The first-order valence-corrected chi connectivity index (χ1v) is 11.2. The molecule has 2 aromatic carbocycles. The Hall–Kier alpha value is -4.20. The molecule has 34 heavy (non-hydrogen) atoms. The van der Waals surface area contributed by atoms with Crippen LogP contribution in [0.3, 0.4) is 0 Å². The zero-order valence-corrected chi connectivity index (χ0v) is 19.3. The van der Waals surface area contributed by atoms with Crippen molar-refractivity contribution in [3.05, 3.63) is 88.9 Å². The van der Waals surface area contributed by atoms with E-state index < -0.39 is 0 Å². The summed E-state index contributed by atoms with van der Waals surface area (Å²) in [5.41, 5.74) is 2.51. The van der Waals surface area contributed by atoms with Crippen LogP contribution < -0.4 is 15.6 Å². The van der Waals surface area contributed by atoms with E-state index in [1.54, 1.807) is 30.3 Å². The minimum Gasteiger partial charge on any atom is -0.494 e. The molecule has 0 aliphatic rings. The van der Waals surface area contributed by atoms with Gasteiger partial charge in [0.2, 0.25) is 11.7 Å². The molecule has 8 nitrogen and oxygen atoms in total. The van der Waals surface area contributed by atoms with Crippen LogP contribution in [0.4, 0.5) is 5.69 Å². The molecule has 0 saturated heterocycles. The fourth-order valence-electron chi connectivity index (χ4n) is 3.82. The number of benzene rings is 2. The normalized spacial score (nSPS) is 10.9. The maximum Gasteiger partial charge on any atom is 0.279 e. The monoisotopic (exact) mass is 457 g/mol. The van der Waals surface area contributed by atoms with Crippen LogP contribution in [0.2, 0.25) is 0 Å². The molecule has 0 atom stereocenters. The number of hydrogen-bond acceptors (Lipinski definition) is 5. The standard InChI is InChI=1S/C26H27N5O3/c1-4-17-30-18(3)22(15-16-23(32)27-20-11-13-21(14-12-20)34-5-2)25(33)31-26(30)28-24(29-31)19-9-7-6-8-10-19/h4,6-14H,1,5,15-17H2,2-3H3,(H,27,32). The van der Waals surface area contributed by atoms with Gasteiger partial charge in [-0.25, -0.2) is 0 Å². The Morgan fingerprint density at radius 2 is 1.88 bits per heavy atom. The van der Waals surface area contributed by atoms with Gasteiger partial charge in [-0.05, 0) is 44.5 Å². The molecule has 0 radical (unpaired) electrons. The van der Waals surface area contributed by atoms with Crippen molar-refractivity contribution >= 4 is 17.4 Å². The zero-order chi connectivity index (χ0) is 24.1. The predicted molar refractivity (Wildman–Crippen MR) is 132 cm³/mol. The number of anilines is 1. The smallest absolute Gasteiger partial charge is 0.279 e. The fourth-order valence-corrected chi connectivity index (χ4v) is 3.82. The summed E-state index contributed by atoms with van der Waals surface area (Å²) < 4.78 is 8.64. The summed E-state index contributed by atoms with van der Waals surface area (Å²) in [5.74, 6) is 1.49. The Kier molecular flexibility index (Phi) is 6.87. The third-order valence-corrected chi connectivity index (χ3v) is 5.52. The average Bonchev–Trinajstić information content (AvgIpc) is 3.29. The van der Waals surface area contributed by atoms with Crippen LogP contribution in [0.1, 0.15) is 24.6 Å². The van der Waals surface area contributed by atoms with Crippen LogP contribution in [-0.2, 0) is 17.8 Å². The number of amides is 1. The van der Waals surface area contributed by atoms with Gasteiger partial charge in [-0.3, -0.25) is 9.59 Å². The molecule has 0 aliphatic heterocycles. The van der Waals surface area contributed by atoms with Crippen LogP contribution in [0.5, 0.6) is 5.75 Å². The lowest BCUT2D eigenvalue weighted by Crippen LogP contribution is -2.27. The molecule has 0 fully saturated rings. The molecule has 0 bridgehead atoms. The van der Waals surface area contributed by atoms with Crippen LogP contribution in [0.25, 0.3) is 17.2 Å². The SMILES string of the molecule is C=CCn1c(C)c(CCC(=O)Nc2ccc(OCC)cc2)c(=O)n2nc(-c3ccccc3)nc12. The van der Waals surface area contributed by atoms with Gasteiger partial charge in [0.1, 0.15) is 5.75 Å². The van der Waals surface area contributed by atoms with Gasteiger partial charge in [0.05, 0.1) is 6.61 Å². The van der Waals surface area contributed by atoms with Gasteiger partial charge < -0.3 is 14.6 Å². The summed E-state index contributed by atoms with van der Waals surface area (Å²) in [6.07, 6.45) is 2.18. The van der Waals surface area contributed by atoms with Gasteiger partial charge >= 0.3 is 0 Å². The second kappa shape index (κ2) is 10.2. The molecule has 1 amide bonds. The third kappa shape index (κ3) is 4.76. The lowest BCUT2D eigenvalue weighted by atomic mass is 10.1. The number of carbonyl (C=O) groups excluding carboxylic acids is 1. The van der Waals surface area contributed by atoms with E-state index in [1.165, 1.54) is 4.52 Å². The maximum atomic E-state index is 13.3. The molecule has 174 valence electrons. The van der Waals surface area contributed by atoms with E-state index in [1.807, 2.05) is 48.7 Å². The highest BCUT2D eigenvalue weighted by Gasteiger charge is 2.19. The molecule has 0 saturated carbocycles. The largest absolute Gasteiger partial charge is 0.494 e. The predicted octanol–water partition coefficient (Wildman–Crippen LogP) is 4.02. The minimum atomic E-state index is -0.267. The number of ether oxygens (including phenoxy) is 1. The van der Waals surface area contributed by atoms with Crippen LogP contribution in [0, 0.1) is 6.92 Å². The first-order chi connectivity index (χ1) is 16.5. The number of fused-ring (bicyclic) bond motifs is 1. The first kappa shape index (κ1) is 23.0. The van der Waals surface area contributed by atoms with Gasteiger partial charge in [0.15, 0.2) is 5.82 Å². The van der Waals surface area contributed by atoms with Crippen molar-refractivity contribution in [3.63, 3.8) is 0 Å². The number of carbonyl (C=O) groups is 1. The summed E-state index contributed by atoms with van der Waals surface area (Å²) >= 11 is 0. The number of nitrogens with one attached hydrogen (secondary N) is 1. The molecular weight excluding hydrogens is 430 g/mol. The summed E-state index contributed by atoms with van der Waals surface area (Å²) in [6, 6.07) is 16.7. The lowest BCUT2D eigenvalue weighted by molar-refractivity contribution is -0.116. The summed E-state index contributed by atoms with van der Waals surface area (Å²) in [6.45, 7) is 8.66. The summed E-state index contributed by atoms with van der Waals surface area (Å²) in [5, 5.41) is 7.34. The zero-order valence-electron chi connectivity index (χ0n) is 19.3. The molecular formula is C26H27N5O3. The highest BCUT2D eigenvalue weighted by molar-refractivity contribution is 5.90. The minimum absolute atomic E-state index is 0.156. The van der Waals surface area contributed by atoms with E-state index in [2.05, 4.69) is 22.0 Å². The van der Waals surface area contributed by atoms with Gasteiger partial charge in [-0.1, -0.05) is 36.4 Å². The Labute approximate surface area is 197 Å². The van der Waals surface area contributed by atoms with Crippen molar-refractivity contribution in [1.82, 2.24) is 19.2 Å². The van der Waals surface area contributed by atoms with Crippen molar-refractivity contribution in [2.45, 2.75) is 33.2 Å². The first-order valence-electron chi connectivity index (χ1n) is 11.2. The molecule has 1 N–H and O–H groups in total. The van der Waals surface area contributed by atoms with Crippen LogP contribution in [-0.4, -0.2) is 31.7 Å². The highest BCUT2D eigenvalue weighted by Crippen LogP contribution is 2.18. The molecule has 2 heterocycles. The molecule has 0 aliphatic carbocycles. The average molecular weight is 458 g/mol. The highest BCUT2D eigenvalue weighted by atomic mass is 16.5. The van der Waals surface area contributed by atoms with Crippen molar-refractivity contribution in [2.75, 3.05) is 11.9 Å². The molecule has 2 aromatic heterocycles. The fraction of sp³-hybridized carbons (Fsp3) is 0.231. The summed E-state index contributed by atoms with van der Waals surface area (Å²) in [4.78, 5) is 30.5. The molecule has 4 aromatic rings. The van der Waals surface area contributed by atoms with Crippen LogP contribution >= 0.6 is 0 Å². The maximum absolute atomic E-state index is 13.3. The molecule has 0 unspecified atom stereocenters. The lowest BCUT2D eigenvalue weighted by Gasteiger charge is -2.14. The topological polar surface area (TPSA) is 90.5 Å². The Balaban J connectivity index is 1.59. The second-order valence-corrected chi connectivity index (χ2v) is 7.79. The third-order valence-electron chi connectivity index (χ3n) is 5.52. The van der Waals surface area contributed by atoms with Crippen molar-refractivity contribution in [2.24, 2.45) is 0 Å². The molecule has 4 rings (SSSR count). The van der Waals surface area contributed by atoms with Crippen molar-refractivity contribution < 1.29 is 9.53 Å². The number of rotatable bonds is 9. The van der Waals surface area contributed by atoms with Gasteiger partial charge in [-0.2, -0.15) is 9.50 Å². The second-order valence-electron chi connectivity index (χ2n) is 7.79. The Bertz CT molecular complexity index is 1370. The molecule has 0 spiro atoms. The number of nitrogens with zero attached hydrogens (tertiary/aromatic N) is 4. The van der Waals surface area contributed by atoms with Gasteiger partial charge in [0.25, 0.3) is 5.56 Å². The van der Waals surface area contributed by atoms with E-state index >= 15 is 0 Å². The number of hydrogen-bond donors (Lipinski definition) is 1. The molecule has 8 heteroatoms. The van der Waals surface area contributed by atoms with E-state index in [0.29, 0.717) is 36.0 Å². The Morgan fingerprint density at radius 3 is 2.56 bits per heavy atom.